The molecule has 0 aromatic heterocycles. The maximum Gasteiger partial charge on any atom is 0.264 e. The van der Waals surface area contributed by atoms with Crippen molar-refractivity contribution in [1.29, 1.82) is 0 Å². The first-order chi connectivity index (χ1) is 23.1. The number of nitrogens with zero attached hydrogens (tertiary/aromatic N) is 2. The summed E-state index contributed by atoms with van der Waals surface area (Å²) in [5.74, 6) is -0.442. The molecule has 4 aromatic carbocycles. The topological polar surface area (TPSA) is 86.8 Å². The van der Waals surface area contributed by atoms with Crippen molar-refractivity contribution in [3.63, 3.8) is 0 Å². The average molecular weight is 731 g/mol. The highest BCUT2D eigenvalue weighted by molar-refractivity contribution is 9.10. The van der Waals surface area contributed by atoms with Gasteiger partial charge in [0, 0.05) is 23.5 Å². The molecular weight excluding hydrogens is 686 g/mol. The third-order valence-electron chi connectivity index (χ3n) is 8.95. The highest BCUT2D eigenvalue weighted by atomic mass is 79.9. The first-order valence-corrected chi connectivity index (χ1v) is 18.9. The Balaban J connectivity index is 1.56. The first-order valence-electron chi connectivity index (χ1n) is 16.7. The molecule has 0 aliphatic heterocycles. The van der Waals surface area contributed by atoms with Crippen LogP contribution < -0.4 is 9.62 Å². The molecule has 0 unspecified atom stereocenters. The molecule has 0 radical (unpaired) electrons. The van der Waals surface area contributed by atoms with Crippen LogP contribution >= 0.6 is 15.9 Å². The predicted molar refractivity (Wildman–Crippen MR) is 195 cm³/mol. The number of carbonyl (C=O) groups excluding carboxylic acids is 2. The van der Waals surface area contributed by atoms with Gasteiger partial charge in [-0.15, -0.1) is 0 Å². The minimum Gasteiger partial charge on any atom is -0.352 e. The Morgan fingerprint density at radius 1 is 0.792 bits per heavy atom. The molecule has 2 amide bonds. The van der Waals surface area contributed by atoms with E-state index in [4.69, 9.17) is 0 Å². The van der Waals surface area contributed by atoms with Crippen molar-refractivity contribution < 1.29 is 18.0 Å². The van der Waals surface area contributed by atoms with Gasteiger partial charge in [-0.25, -0.2) is 8.42 Å². The van der Waals surface area contributed by atoms with Crippen molar-refractivity contribution in [3.8, 4) is 0 Å². The van der Waals surface area contributed by atoms with Gasteiger partial charge >= 0.3 is 0 Å². The van der Waals surface area contributed by atoms with E-state index in [1.807, 2.05) is 66.7 Å². The van der Waals surface area contributed by atoms with Crippen LogP contribution in [0.1, 0.15) is 68.6 Å². The zero-order valence-corrected chi connectivity index (χ0v) is 30.0. The van der Waals surface area contributed by atoms with Crippen molar-refractivity contribution >= 4 is 43.5 Å². The smallest absolute Gasteiger partial charge is 0.264 e. The van der Waals surface area contributed by atoms with E-state index in [0.29, 0.717) is 5.69 Å². The summed E-state index contributed by atoms with van der Waals surface area (Å²) in [6, 6.07) is 31.9. The minimum absolute atomic E-state index is 0.0450. The lowest BCUT2D eigenvalue weighted by molar-refractivity contribution is -0.140. The van der Waals surface area contributed by atoms with Gasteiger partial charge in [0.2, 0.25) is 11.8 Å². The lowest BCUT2D eigenvalue weighted by Gasteiger charge is -2.35. The molecule has 0 bridgehead atoms. The maximum atomic E-state index is 14.7. The van der Waals surface area contributed by atoms with Crippen LogP contribution in [-0.4, -0.2) is 43.8 Å². The molecule has 0 heterocycles. The summed E-state index contributed by atoms with van der Waals surface area (Å²) in [4.78, 5) is 30.6. The van der Waals surface area contributed by atoms with Crippen LogP contribution in [-0.2, 0) is 32.6 Å². The maximum absolute atomic E-state index is 14.7. The Bertz CT molecular complexity index is 1740. The third-order valence-corrected chi connectivity index (χ3v) is 11.3. The molecule has 1 atom stereocenters. The van der Waals surface area contributed by atoms with Gasteiger partial charge in [0.05, 0.1) is 10.6 Å². The average Bonchev–Trinajstić information content (AvgIpc) is 3.10. The lowest BCUT2D eigenvalue weighted by Crippen LogP contribution is -2.55. The molecule has 1 saturated carbocycles. The fourth-order valence-corrected chi connectivity index (χ4v) is 7.86. The Hall–Kier alpha value is -3.95. The van der Waals surface area contributed by atoms with E-state index >= 15 is 0 Å². The van der Waals surface area contributed by atoms with E-state index in [1.54, 1.807) is 35.2 Å². The van der Waals surface area contributed by atoms with Crippen LogP contribution in [0.4, 0.5) is 5.69 Å². The molecule has 1 N–H and O–H groups in total. The Morgan fingerprint density at radius 3 is 2.00 bits per heavy atom. The fraction of sp³-hybridized carbons (Fsp3) is 0.333. The van der Waals surface area contributed by atoms with Gasteiger partial charge in [-0.1, -0.05) is 122 Å². The molecule has 48 heavy (non-hydrogen) atoms. The van der Waals surface area contributed by atoms with E-state index in [1.165, 1.54) is 16.4 Å². The molecule has 0 saturated heterocycles. The molecule has 5 rings (SSSR count). The number of amides is 2. The molecule has 0 spiro atoms. The number of rotatable bonds is 13. The van der Waals surface area contributed by atoms with Gasteiger partial charge in [-0.3, -0.25) is 13.9 Å². The number of hydrogen-bond donors (Lipinski definition) is 1. The number of anilines is 1. The summed E-state index contributed by atoms with van der Waals surface area (Å²) >= 11 is 3.49. The number of halogens is 1. The lowest BCUT2D eigenvalue weighted by atomic mass is 9.94. The summed E-state index contributed by atoms with van der Waals surface area (Å²) in [5.41, 5.74) is 3.18. The van der Waals surface area contributed by atoms with Crippen molar-refractivity contribution in [2.45, 2.75) is 81.8 Å². The fourth-order valence-electron chi connectivity index (χ4n) is 6.16. The predicted octanol–water partition coefficient (Wildman–Crippen LogP) is 7.86. The van der Waals surface area contributed by atoms with Crippen LogP contribution in [0, 0.1) is 0 Å². The van der Waals surface area contributed by atoms with Crippen LogP contribution in [0.2, 0.25) is 0 Å². The molecule has 7 nitrogen and oxygen atoms in total. The monoisotopic (exact) mass is 729 g/mol. The van der Waals surface area contributed by atoms with Crippen LogP contribution in [0.25, 0.3) is 0 Å². The molecule has 1 fully saturated rings. The van der Waals surface area contributed by atoms with E-state index in [0.717, 1.165) is 53.3 Å². The second-order valence-electron chi connectivity index (χ2n) is 12.8. The zero-order valence-electron chi connectivity index (χ0n) is 27.6. The molecular formula is C39H44BrN3O4S. The number of nitrogens with one attached hydrogen (secondary N) is 1. The van der Waals surface area contributed by atoms with Gasteiger partial charge in [-0.05, 0) is 71.8 Å². The minimum atomic E-state index is -4.14. The van der Waals surface area contributed by atoms with Crippen LogP contribution in [0.15, 0.2) is 119 Å². The van der Waals surface area contributed by atoms with Crippen LogP contribution in [0.5, 0.6) is 0 Å². The Labute approximate surface area is 293 Å². The Kier molecular flexibility index (Phi) is 12.1. The standard InChI is InChI=1S/C39H44BrN3O4S/c1-29(2)32-20-24-35(25-21-32)43(48(46,47)36-16-10-5-11-17-36)28-38(44)42(27-31-18-22-33(40)23-19-31)37(26-30-12-6-3-7-13-30)39(45)41-34-14-8-4-9-15-34/h3,5-7,10-13,16-25,29,34,37H,4,8-9,14-15,26-28H2,1-2H3,(H,41,45)/t37-/m1/s1. The van der Waals surface area contributed by atoms with E-state index < -0.39 is 28.5 Å². The second kappa shape index (κ2) is 16.4. The van der Waals surface area contributed by atoms with Gasteiger partial charge < -0.3 is 10.2 Å². The van der Waals surface area contributed by atoms with Crippen molar-refractivity contribution in [2.24, 2.45) is 0 Å². The third kappa shape index (κ3) is 9.14. The van der Waals surface area contributed by atoms with Gasteiger partial charge in [0.1, 0.15) is 12.6 Å². The summed E-state index contributed by atoms with van der Waals surface area (Å²) in [5, 5.41) is 3.26. The molecule has 1 aliphatic carbocycles. The van der Waals surface area contributed by atoms with Crippen molar-refractivity contribution in [2.75, 3.05) is 10.8 Å². The highest BCUT2D eigenvalue weighted by Gasteiger charge is 2.35. The number of hydrogen-bond acceptors (Lipinski definition) is 4. The largest absolute Gasteiger partial charge is 0.352 e. The van der Waals surface area contributed by atoms with Gasteiger partial charge in [0.25, 0.3) is 10.0 Å². The highest BCUT2D eigenvalue weighted by Crippen LogP contribution is 2.27. The number of benzene rings is 4. The van der Waals surface area contributed by atoms with Crippen LogP contribution in [0.3, 0.4) is 0 Å². The molecule has 252 valence electrons. The SMILES string of the molecule is CC(C)c1ccc(N(CC(=O)N(Cc2ccc(Br)cc2)[C@H](Cc2ccccc2)C(=O)NC2CCCCC2)S(=O)(=O)c2ccccc2)cc1. The second-order valence-corrected chi connectivity index (χ2v) is 15.5. The van der Waals surface area contributed by atoms with E-state index in [-0.39, 0.29) is 35.7 Å². The summed E-state index contributed by atoms with van der Waals surface area (Å²) in [7, 11) is -4.14. The van der Waals surface area contributed by atoms with Gasteiger partial charge in [0.15, 0.2) is 0 Å². The summed E-state index contributed by atoms with van der Waals surface area (Å²) in [6.07, 6.45) is 5.35. The molecule has 9 heteroatoms. The zero-order chi connectivity index (χ0) is 34.1. The number of carbonyl (C=O) groups is 2. The first kappa shape index (κ1) is 35.4. The van der Waals surface area contributed by atoms with Crippen molar-refractivity contribution in [1.82, 2.24) is 10.2 Å². The molecule has 1 aliphatic rings. The van der Waals surface area contributed by atoms with Gasteiger partial charge in [-0.2, -0.15) is 0 Å². The number of sulfonamides is 1. The van der Waals surface area contributed by atoms with E-state index in [9.17, 15) is 18.0 Å². The normalized spacial score (nSPS) is 14.3. The summed E-state index contributed by atoms with van der Waals surface area (Å²) in [6.45, 7) is 3.80. The summed E-state index contributed by atoms with van der Waals surface area (Å²) < 4.78 is 30.5. The van der Waals surface area contributed by atoms with Crippen molar-refractivity contribution in [3.05, 3.63) is 130 Å². The quantitative estimate of drug-likeness (QED) is 0.152. The Morgan fingerprint density at radius 2 is 1.40 bits per heavy atom. The molecule has 4 aromatic rings. The van der Waals surface area contributed by atoms with E-state index in [2.05, 4.69) is 35.1 Å².